The van der Waals surface area contributed by atoms with Crippen molar-refractivity contribution in [3.8, 4) is 0 Å². The topological polar surface area (TPSA) is 102 Å². The number of anilines is 1. The number of fused-ring (bicyclic) bond motifs is 1. The lowest BCUT2D eigenvalue weighted by Crippen LogP contribution is -2.38. The highest BCUT2D eigenvalue weighted by atomic mass is 35.5. The zero-order chi connectivity index (χ0) is 21.8. The Hall–Kier alpha value is -3.12. The number of guanidine groups is 1. The fraction of sp³-hybridized carbons (Fsp3) is 0.292. The Morgan fingerprint density at radius 3 is 2.61 bits per heavy atom. The second-order valence-corrected chi connectivity index (χ2v) is 8.43. The molecule has 4 rings (SSSR count). The van der Waals surface area contributed by atoms with Gasteiger partial charge in [0.05, 0.1) is 17.6 Å². The van der Waals surface area contributed by atoms with Crippen molar-refractivity contribution >= 4 is 46.4 Å². The lowest BCUT2D eigenvalue weighted by atomic mass is 9.90. The summed E-state index contributed by atoms with van der Waals surface area (Å²) in [6, 6.07) is 14.0. The monoisotopic (exact) mass is 434 g/mol. The molecule has 1 heterocycles. The molecule has 5 N–H and O–H groups in total. The minimum absolute atomic E-state index is 0.0432. The number of nitrogens with two attached hydrogens (primary N) is 2. The zero-order valence-corrected chi connectivity index (χ0v) is 18.3. The van der Waals surface area contributed by atoms with Gasteiger partial charge in [0.15, 0.2) is 11.8 Å². The van der Waals surface area contributed by atoms with Crippen LogP contribution in [0.4, 0.5) is 5.82 Å². The van der Waals surface area contributed by atoms with Crippen LogP contribution in [0.15, 0.2) is 47.5 Å². The molecule has 0 spiro atoms. The first kappa shape index (κ1) is 21.1. The molecular weight excluding hydrogens is 408 g/mol. The normalized spacial score (nSPS) is 18.9. The van der Waals surface area contributed by atoms with Gasteiger partial charge in [0, 0.05) is 10.4 Å². The molecule has 0 radical (unpaired) electrons. The first-order valence-electron chi connectivity index (χ1n) is 10.6. The van der Waals surface area contributed by atoms with E-state index in [1.54, 1.807) is 0 Å². The largest absolute Gasteiger partial charge is 0.370 e. The van der Waals surface area contributed by atoms with Gasteiger partial charge in [-0.05, 0) is 55.7 Å². The van der Waals surface area contributed by atoms with Crippen LogP contribution in [0, 0.1) is 6.92 Å². The van der Waals surface area contributed by atoms with Crippen molar-refractivity contribution in [1.29, 1.82) is 0 Å². The molecule has 0 amide bonds. The Morgan fingerprint density at radius 1 is 1.06 bits per heavy atom. The van der Waals surface area contributed by atoms with Gasteiger partial charge in [-0.25, -0.2) is 15.0 Å². The molecular formula is C24H27ClN6. The van der Waals surface area contributed by atoms with Crippen LogP contribution in [0.1, 0.15) is 42.6 Å². The number of rotatable bonds is 5. The lowest BCUT2D eigenvalue weighted by molar-refractivity contribution is 0.405. The fourth-order valence-corrected chi connectivity index (χ4v) is 4.12. The summed E-state index contributed by atoms with van der Waals surface area (Å²) in [6.45, 7) is 2.07. The third kappa shape index (κ3) is 5.33. The maximum atomic E-state index is 5.98. The summed E-state index contributed by atoms with van der Waals surface area (Å²) >= 11 is 5.98. The highest BCUT2D eigenvalue weighted by Gasteiger charge is 2.26. The van der Waals surface area contributed by atoms with E-state index < -0.39 is 0 Å². The zero-order valence-electron chi connectivity index (χ0n) is 17.6. The highest BCUT2D eigenvalue weighted by Crippen LogP contribution is 2.28. The van der Waals surface area contributed by atoms with Gasteiger partial charge in [-0.15, -0.1) is 0 Å². The van der Waals surface area contributed by atoms with Crippen molar-refractivity contribution in [3.05, 3.63) is 64.4 Å². The van der Waals surface area contributed by atoms with E-state index in [0.29, 0.717) is 10.8 Å². The standard InChI is InChI=1S/C24H27ClN6/c1-15-6-12-19-18(14-15)23(29-20-4-2-3-5-21(20)30-24(26)27)31-22(28-19)13-9-16-7-10-17(25)11-8-16/h6-14,20-21H,2-5H2,1H3,(H4,26,27,30)(H,28,29,31)/b13-9+. The van der Waals surface area contributed by atoms with Crippen molar-refractivity contribution in [3.63, 3.8) is 0 Å². The van der Waals surface area contributed by atoms with E-state index >= 15 is 0 Å². The smallest absolute Gasteiger partial charge is 0.186 e. The third-order valence-corrected chi connectivity index (χ3v) is 5.78. The number of aromatic nitrogens is 2. The summed E-state index contributed by atoms with van der Waals surface area (Å²) in [7, 11) is 0. The summed E-state index contributed by atoms with van der Waals surface area (Å²) in [4.78, 5) is 14.0. The molecule has 2 atom stereocenters. The summed E-state index contributed by atoms with van der Waals surface area (Å²) < 4.78 is 0. The van der Waals surface area contributed by atoms with E-state index in [9.17, 15) is 0 Å². The van der Waals surface area contributed by atoms with E-state index in [1.165, 1.54) is 0 Å². The lowest BCUT2D eigenvalue weighted by Gasteiger charge is -2.30. The van der Waals surface area contributed by atoms with E-state index in [-0.39, 0.29) is 18.0 Å². The van der Waals surface area contributed by atoms with Crippen molar-refractivity contribution < 1.29 is 0 Å². The molecule has 7 heteroatoms. The molecule has 0 saturated heterocycles. The van der Waals surface area contributed by atoms with Crippen molar-refractivity contribution in [1.82, 2.24) is 9.97 Å². The molecule has 1 aliphatic rings. The van der Waals surface area contributed by atoms with E-state index in [0.717, 1.165) is 53.5 Å². The molecule has 0 bridgehead atoms. The van der Waals surface area contributed by atoms with Gasteiger partial charge in [0.1, 0.15) is 5.82 Å². The molecule has 1 aliphatic carbocycles. The fourth-order valence-electron chi connectivity index (χ4n) is 3.99. The van der Waals surface area contributed by atoms with Crippen molar-refractivity contribution in [2.45, 2.75) is 44.7 Å². The first-order chi connectivity index (χ1) is 15.0. The maximum Gasteiger partial charge on any atom is 0.186 e. The van der Waals surface area contributed by atoms with Gasteiger partial charge in [-0.3, -0.25) is 0 Å². The highest BCUT2D eigenvalue weighted by molar-refractivity contribution is 6.30. The first-order valence-corrected chi connectivity index (χ1v) is 10.9. The van der Waals surface area contributed by atoms with E-state index in [2.05, 4.69) is 29.4 Å². The van der Waals surface area contributed by atoms with Crippen molar-refractivity contribution in [2.24, 2.45) is 16.5 Å². The number of aryl methyl sites for hydroxylation is 1. The second kappa shape index (κ2) is 9.35. The minimum Gasteiger partial charge on any atom is -0.370 e. The molecule has 3 aromatic rings. The number of nitrogens with one attached hydrogen (secondary N) is 1. The van der Waals surface area contributed by atoms with Crippen LogP contribution in [-0.2, 0) is 0 Å². The van der Waals surface area contributed by atoms with Crippen LogP contribution >= 0.6 is 11.6 Å². The number of nitrogens with zero attached hydrogens (tertiary/aromatic N) is 3. The molecule has 160 valence electrons. The number of benzene rings is 2. The van der Waals surface area contributed by atoms with Crippen LogP contribution in [0.2, 0.25) is 5.02 Å². The van der Waals surface area contributed by atoms with Crippen molar-refractivity contribution in [2.75, 3.05) is 5.32 Å². The number of hydrogen-bond acceptors (Lipinski definition) is 4. The molecule has 1 fully saturated rings. The quantitative estimate of drug-likeness (QED) is 0.397. The van der Waals surface area contributed by atoms with Crippen LogP contribution < -0.4 is 16.8 Å². The molecule has 2 aromatic carbocycles. The van der Waals surface area contributed by atoms with Gasteiger partial charge >= 0.3 is 0 Å². The van der Waals surface area contributed by atoms with Gasteiger partial charge in [-0.2, -0.15) is 0 Å². The second-order valence-electron chi connectivity index (χ2n) is 7.99. The van der Waals surface area contributed by atoms with E-state index in [4.69, 9.17) is 33.0 Å². The predicted octanol–water partition coefficient (Wildman–Crippen LogP) is 4.76. The van der Waals surface area contributed by atoms with Crippen LogP contribution in [0.5, 0.6) is 0 Å². The number of halogens is 1. The van der Waals surface area contributed by atoms with Gasteiger partial charge in [-0.1, -0.05) is 54.3 Å². The number of hydrogen-bond donors (Lipinski definition) is 3. The Kier molecular flexibility index (Phi) is 6.37. The molecule has 31 heavy (non-hydrogen) atoms. The molecule has 1 saturated carbocycles. The minimum atomic E-state index is 0.0432. The average Bonchev–Trinajstić information content (AvgIpc) is 2.75. The van der Waals surface area contributed by atoms with Gasteiger partial charge in [0.25, 0.3) is 0 Å². The third-order valence-electron chi connectivity index (χ3n) is 5.53. The Morgan fingerprint density at radius 2 is 1.84 bits per heavy atom. The molecule has 2 unspecified atom stereocenters. The molecule has 0 aliphatic heterocycles. The number of aliphatic imine (C=N–C) groups is 1. The molecule has 1 aromatic heterocycles. The summed E-state index contributed by atoms with van der Waals surface area (Å²) in [5.41, 5.74) is 14.4. The van der Waals surface area contributed by atoms with Gasteiger partial charge < -0.3 is 16.8 Å². The average molecular weight is 435 g/mol. The summed E-state index contributed by atoms with van der Waals surface area (Å²) in [5.74, 6) is 1.59. The summed E-state index contributed by atoms with van der Waals surface area (Å²) in [5, 5.41) is 5.34. The van der Waals surface area contributed by atoms with Crippen LogP contribution in [0.3, 0.4) is 0 Å². The van der Waals surface area contributed by atoms with Gasteiger partial charge in [0.2, 0.25) is 0 Å². The Bertz CT molecular complexity index is 1120. The Balaban J connectivity index is 1.69. The summed E-state index contributed by atoms with van der Waals surface area (Å²) in [6.07, 6.45) is 8.12. The van der Waals surface area contributed by atoms with Crippen LogP contribution in [-0.4, -0.2) is 28.0 Å². The van der Waals surface area contributed by atoms with E-state index in [1.807, 2.05) is 42.5 Å². The Labute approximate surface area is 187 Å². The maximum absolute atomic E-state index is 5.98. The molecule has 6 nitrogen and oxygen atoms in total. The SMILES string of the molecule is Cc1ccc2nc(/C=C/c3ccc(Cl)cc3)nc(NC3CCCCC3N=C(N)N)c2c1. The van der Waals surface area contributed by atoms with Crippen LogP contribution in [0.25, 0.3) is 23.1 Å². The predicted molar refractivity (Wildman–Crippen MR) is 130 cm³/mol.